The normalized spacial score (nSPS) is 19.9. The second-order valence-corrected chi connectivity index (χ2v) is 21.5. The number of carbonyl (C=O) groups is 2. The van der Waals surface area contributed by atoms with Crippen LogP contribution in [0.2, 0.25) is 18.1 Å². The highest BCUT2D eigenvalue weighted by Gasteiger charge is 2.48. The summed E-state index contributed by atoms with van der Waals surface area (Å²) < 4.78 is 19.1. The van der Waals surface area contributed by atoms with Crippen molar-refractivity contribution >= 4 is 37.5 Å². The maximum Gasteiger partial charge on any atom is 0.305 e. The van der Waals surface area contributed by atoms with Gasteiger partial charge in [0.15, 0.2) is 14.6 Å². The summed E-state index contributed by atoms with van der Waals surface area (Å²) in [6.45, 7) is 24.6. The lowest BCUT2D eigenvalue weighted by Gasteiger charge is -2.44. The predicted octanol–water partition coefficient (Wildman–Crippen LogP) is 9.29. The van der Waals surface area contributed by atoms with Gasteiger partial charge in [0, 0.05) is 23.3 Å². The first kappa shape index (κ1) is 42.2. The summed E-state index contributed by atoms with van der Waals surface area (Å²) in [5, 5.41) is 23.4. The lowest BCUT2D eigenvalue weighted by Crippen LogP contribution is -2.52. The molecule has 10 heteroatoms. The van der Waals surface area contributed by atoms with Crippen molar-refractivity contribution in [1.29, 1.82) is 0 Å². The molecule has 1 aliphatic rings. The molecule has 8 nitrogen and oxygen atoms in total. The smallest absolute Gasteiger partial charge is 0.305 e. The van der Waals surface area contributed by atoms with Crippen molar-refractivity contribution in [2.75, 3.05) is 6.61 Å². The van der Waals surface area contributed by atoms with Crippen molar-refractivity contribution in [3.63, 3.8) is 0 Å². The third kappa shape index (κ3) is 12.7. The standard InChI is InChI=1S/C38H63NO7SSi/c1-25(19-20-31(40)27(3)22-30-24-47-29(5)39-30)16-15-17-26(2)35(45-34-18-13-14-21-44-34)28(4)36(43)38(9,10)32(23-33(41)42)46-48(11,12)37(6,7)8/h17,19,22,24,28,31-32,34-35,40H,13-16,18,20-21,23H2,1-12H3,(H,41,42)/b25-19-,26-17+,27-22+/t28-,31+,32+,34?,35+/m1/s1. The summed E-state index contributed by atoms with van der Waals surface area (Å²) in [4.78, 5) is 30.8. The first-order valence-corrected chi connectivity index (χ1v) is 21.3. The summed E-state index contributed by atoms with van der Waals surface area (Å²) in [6, 6.07) is 0. The Bertz CT molecular complexity index is 1300. The first-order valence-electron chi connectivity index (χ1n) is 17.5. The van der Waals surface area contributed by atoms with Crippen LogP contribution in [0.15, 0.2) is 34.3 Å². The number of allylic oxidation sites excluding steroid dienone is 2. The highest BCUT2D eigenvalue weighted by atomic mass is 32.1. The SMILES string of the molecule is C/C(=C/C[C@H](O)/C(C)=C/c1csc(C)n1)CC/C=C(\C)[C@H](OC1CCCCO1)[C@@H](C)C(=O)C(C)(C)[C@H](CC(=O)O)O[Si](C)(C)C(C)(C)C. The van der Waals surface area contributed by atoms with Crippen LogP contribution in [0.4, 0.5) is 0 Å². The summed E-state index contributed by atoms with van der Waals surface area (Å²) in [6.07, 6.45) is 8.50. The molecular weight excluding hydrogens is 643 g/mol. The molecule has 1 saturated heterocycles. The van der Waals surface area contributed by atoms with Gasteiger partial charge in [0.05, 0.1) is 35.4 Å². The average molecular weight is 706 g/mol. The Balaban J connectivity index is 2.22. The van der Waals surface area contributed by atoms with Crippen LogP contribution in [0, 0.1) is 18.3 Å². The molecule has 272 valence electrons. The molecular formula is C38H63NO7SSi. The highest BCUT2D eigenvalue weighted by molar-refractivity contribution is 7.09. The summed E-state index contributed by atoms with van der Waals surface area (Å²) in [5.74, 6) is -1.62. The number of aliphatic carboxylic acids is 1. The van der Waals surface area contributed by atoms with Gasteiger partial charge in [-0.3, -0.25) is 9.59 Å². The fourth-order valence-electron chi connectivity index (χ4n) is 5.64. The van der Waals surface area contributed by atoms with Crippen LogP contribution in [0.1, 0.15) is 118 Å². The van der Waals surface area contributed by atoms with E-state index in [1.165, 1.54) is 5.57 Å². The van der Waals surface area contributed by atoms with Crippen molar-refractivity contribution in [3.8, 4) is 0 Å². The van der Waals surface area contributed by atoms with Crippen molar-refractivity contribution < 1.29 is 33.7 Å². The number of ketones is 1. The number of Topliss-reactive ketones (excluding diaryl/α,β-unsaturated/α-hetero) is 1. The fourth-order valence-corrected chi connectivity index (χ4v) is 7.65. The molecule has 0 spiro atoms. The van der Waals surface area contributed by atoms with E-state index >= 15 is 0 Å². The molecule has 0 radical (unpaired) electrons. The first-order chi connectivity index (χ1) is 22.2. The Hall–Kier alpha value is -1.95. The topological polar surface area (TPSA) is 115 Å². The van der Waals surface area contributed by atoms with Gasteiger partial charge < -0.3 is 24.1 Å². The van der Waals surface area contributed by atoms with Crippen LogP contribution in [-0.2, 0) is 23.5 Å². The molecule has 0 aliphatic carbocycles. The van der Waals surface area contributed by atoms with Crippen LogP contribution in [0.25, 0.3) is 6.08 Å². The van der Waals surface area contributed by atoms with E-state index in [0.29, 0.717) is 13.0 Å². The Morgan fingerprint density at radius 3 is 2.33 bits per heavy atom. The molecule has 0 aromatic carbocycles. The maximum absolute atomic E-state index is 14.4. The van der Waals surface area contributed by atoms with E-state index in [-0.39, 0.29) is 17.2 Å². The zero-order valence-electron chi connectivity index (χ0n) is 31.6. The minimum Gasteiger partial charge on any atom is -0.481 e. The molecule has 48 heavy (non-hydrogen) atoms. The van der Waals surface area contributed by atoms with Gasteiger partial charge in [-0.25, -0.2) is 4.98 Å². The van der Waals surface area contributed by atoms with Crippen LogP contribution >= 0.6 is 11.3 Å². The van der Waals surface area contributed by atoms with Gasteiger partial charge in [0.25, 0.3) is 0 Å². The Kier molecular flexibility index (Phi) is 16.1. The van der Waals surface area contributed by atoms with E-state index in [9.17, 15) is 19.8 Å². The molecule has 0 amide bonds. The Morgan fingerprint density at radius 1 is 1.12 bits per heavy atom. The van der Waals surface area contributed by atoms with E-state index in [1.54, 1.807) is 11.3 Å². The summed E-state index contributed by atoms with van der Waals surface area (Å²) in [5.41, 5.74) is 2.82. The van der Waals surface area contributed by atoms with Gasteiger partial charge in [-0.05, 0) is 102 Å². The number of carboxylic acids is 1. The lowest BCUT2D eigenvalue weighted by molar-refractivity contribution is -0.191. The number of hydrogen-bond acceptors (Lipinski definition) is 8. The number of carbonyl (C=O) groups excluding carboxylic acids is 1. The van der Waals surface area contributed by atoms with Crippen molar-refractivity contribution in [2.45, 2.75) is 157 Å². The van der Waals surface area contributed by atoms with Crippen LogP contribution in [-0.4, -0.2) is 66.5 Å². The molecule has 0 saturated carbocycles. The molecule has 1 aromatic heterocycles. The second-order valence-electron chi connectivity index (χ2n) is 15.7. The second kappa shape index (κ2) is 18.3. The number of nitrogens with zero attached hydrogens (tertiary/aromatic N) is 1. The summed E-state index contributed by atoms with van der Waals surface area (Å²) >= 11 is 1.59. The molecule has 5 atom stereocenters. The minimum atomic E-state index is -2.38. The van der Waals surface area contributed by atoms with Crippen LogP contribution < -0.4 is 0 Å². The van der Waals surface area contributed by atoms with Crippen LogP contribution in [0.5, 0.6) is 0 Å². The number of ether oxygens (including phenoxy) is 2. The maximum atomic E-state index is 14.4. The van der Waals surface area contributed by atoms with E-state index in [1.807, 2.05) is 53.0 Å². The molecule has 1 fully saturated rings. The van der Waals surface area contributed by atoms with Gasteiger partial charge in [0.1, 0.15) is 5.78 Å². The zero-order valence-corrected chi connectivity index (χ0v) is 33.5. The lowest BCUT2D eigenvalue weighted by atomic mass is 9.74. The van der Waals surface area contributed by atoms with Crippen molar-refractivity contribution in [1.82, 2.24) is 4.98 Å². The predicted molar refractivity (Wildman–Crippen MR) is 199 cm³/mol. The molecule has 2 rings (SSSR count). The number of carboxylic acid groups (broad SMARTS) is 1. The van der Waals surface area contributed by atoms with Gasteiger partial charge in [-0.1, -0.05) is 59.3 Å². The number of aromatic nitrogens is 1. The number of rotatable bonds is 18. The minimum absolute atomic E-state index is 0.0812. The van der Waals surface area contributed by atoms with Gasteiger partial charge >= 0.3 is 5.97 Å². The fraction of sp³-hybridized carbons (Fsp3) is 0.711. The quantitative estimate of drug-likeness (QED) is 0.115. The van der Waals surface area contributed by atoms with E-state index in [0.717, 1.165) is 54.0 Å². The monoisotopic (exact) mass is 705 g/mol. The Labute approximate surface area is 295 Å². The molecule has 2 heterocycles. The number of hydrogen-bond donors (Lipinski definition) is 2. The van der Waals surface area contributed by atoms with Crippen LogP contribution in [0.3, 0.4) is 0 Å². The molecule has 1 aliphatic heterocycles. The van der Waals surface area contributed by atoms with E-state index in [2.05, 4.69) is 57.9 Å². The van der Waals surface area contributed by atoms with Gasteiger partial charge in [0.2, 0.25) is 0 Å². The van der Waals surface area contributed by atoms with E-state index < -0.39 is 50.2 Å². The zero-order chi connectivity index (χ0) is 36.4. The van der Waals surface area contributed by atoms with E-state index in [4.69, 9.17) is 13.9 Å². The molecule has 0 bridgehead atoms. The third-order valence-electron chi connectivity index (χ3n) is 10.0. The third-order valence-corrected chi connectivity index (χ3v) is 15.3. The van der Waals surface area contributed by atoms with Crippen molar-refractivity contribution in [3.05, 3.63) is 45.0 Å². The molecule has 2 N–H and O–H groups in total. The molecule has 1 aromatic rings. The number of aliphatic hydroxyl groups is 1. The molecule has 1 unspecified atom stereocenters. The van der Waals surface area contributed by atoms with Gasteiger partial charge in [-0.2, -0.15) is 0 Å². The largest absolute Gasteiger partial charge is 0.481 e. The average Bonchev–Trinajstić information content (AvgIpc) is 3.40. The number of thiazole rings is 1. The van der Waals surface area contributed by atoms with Crippen molar-refractivity contribution in [2.24, 2.45) is 11.3 Å². The Morgan fingerprint density at radius 2 is 1.79 bits per heavy atom. The highest BCUT2D eigenvalue weighted by Crippen LogP contribution is 2.42. The summed E-state index contributed by atoms with van der Waals surface area (Å²) in [7, 11) is -2.38. The number of aliphatic hydroxyl groups excluding tert-OH is 1. The number of aryl methyl sites for hydroxylation is 1. The van der Waals surface area contributed by atoms with Gasteiger partial charge in [-0.15, -0.1) is 11.3 Å².